The molecule has 0 saturated heterocycles. The van der Waals surface area contributed by atoms with Crippen molar-refractivity contribution in [2.45, 2.75) is 6.42 Å². The second kappa shape index (κ2) is 6.93. The molecule has 1 heterocycles. The van der Waals surface area contributed by atoms with Crippen LogP contribution in [0, 0.1) is 0 Å². The van der Waals surface area contributed by atoms with Crippen LogP contribution < -0.4 is 5.32 Å². The van der Waals surface area contributed by atoms with Gasteiger partial charge in [-0.3, -0.25) is 4.79 Å². The van der Waals surface area contributed by atoms with E-state index in [0.717, 1.165) is 12.2 Å². The zero-order valence-electron chi connectivity index (χ0n) is 8.67. The van der Waals surface area contributed by atoms with E-state index in [2.05, 4.69) is 15.5 Å². The molecule has 0 radical (unpaired) electrons. The molecule has 0 spiro atoms. The first-order chi connectivity index (χ1) is 7.65. The van der Waals surface area contributed by atoms with E-state index in [0.29, 0.717) is 6.54 Å². The number of nitrogens with one attached hydrogen (secondary N) is 1. The van der Waals surface area contributed by atoms with Gasteiger partial charge in [-0.1, -0.05) is 23.2 Å². The van der Waals surface area contributed by atoms with Gasteiger partial charge in [0.1, 0.15) is 0 Å². The Kier molecular flexibility index (Phi) is 5.87. The summed E-state index contributed by atoms with van der Waals surface area (Å²) < 4.78 is 0. The van der Waals surface area contributed by atoms with E-state index in [9.17, 15) is 4.79 Å². The molecule has 0 aliphatic carbocycles. The van der Waals surface area contributed by atoms with E-state index in [1.165, 1.54) is 6.07 Å². The van der Waals surface area contributed by atoms with Crippen LogP contribution in [-0.2, 0) is 0 Å². The van der Waals surface area contributed by atoms with Crippen LogP contribution in [0.1, 0.15) is 16.8 Å². The lowest BCUT2D eigenvalue weighted by Crippen LogP contribution is -2.25. The number of nitrogens with zero attached hydrogens (tertiary/aromatic N) is 2. The molecule has 1 amide bonds. The van der Waals surface area contributed by atoms with Crippen LogP contribution >= 0.6 is 35.0 Å². The van der Waals surface area contributed by atoms with Gasteiger partial charge >= 0.3 is 0 Å². The minimum absolute atomic E-state index is 0.0618. The Bertz CT molecular complexity index is 376. The average Bonchev–Trinajstić information content (AvgIpc) is 2.27. The van der Waals surface area contributed by atoms with Gasteiger partial charge in [-0.2, -0.15) is 11.8 Å². The monoisotopic (exact) mass is 279 g/mol. The molecule has 0 aromatic carbocycles. The zero-order valence-corrected chi connectivity index (χ0v) is 11.0. The molecule has 1 aromatic heterocycles. The Balaban J connectivity index is 2.55. The summed E-state index contributed by atoms with van der Waals surface area (Å²) in [6.45, 7) is 0.607. The first-order valence-corrected chi connectivity index (χ1v) is 6.76. The highest BCUT2D eigenvalue weighted by Gasteiger charge is 2.12. The van der Waals surface area contributed by atoms with Crippen molar-refractivity contribution in [2.75, 3.05) is 18.6 Å². The topological polar surface area (TPSA) is 54.9 Å². The SMILES string of the molecule is CSCCCNC(=O)c1cc(Cl)nnc1Cl. The number of hydrogen-bond acceptors (Lipinski definition) is 4. The summed E-state index contributed by atoms with van der Waals surface area (Å²) >= 11 is 13.1. The van der Waals surface area contributed by atoms with Crippen molar-refractivity contribution in [1.82, 2.24) is 15.5 Å². The Hall–Kier alpha value is -0.520. The predicted octanol–water partition coefficient (Wildman–Crippen LogP) is 2.27. The highest BCUT2D eigenvalue weighted by Crippen LogP contribution is 2.14. The van der Waals surface area contributed by atoms with E-state index in [1.807, 2.05) is 6.26 Å². The predicted molar refractivity (Wildman–Crippen MR) is 67.4 cm³/mol. The molecule has 0 unspecified atom stereocenters. The van der Waals surface area contributed by atoms with Gasteiger partial charge in [0, 0.05) is 6.54 Å². The maximum absolute atomic E-state index is 11.7. The standard InChI is InChI=1S/C9H11Cl2N3OS/c1-16-4-2-3-12-9(15)6-5-7(10)13-14-8(6)11/h5H,2-4H2,1H3,(H,12,15). The third kappa shape index (κ3) is 4.15. The average molecular weight is 280 g/mol. The molecule has 0 atom stereocenters. The molecule has 0 aliphatic rings. The second-order valence-corrected chi connectivity index (χ2v) is 4.70. The summed E-state index contributed by atoms with van der Waals surface area (Å²) in [6.07, 6.45) is 2.93. The Labute approximate surface area is 108 Å². The quantitative estimate of drug-likeness (QED) is 0.841. The third-order valence-electron chi connectivity index (χ3n) is 1.77. The smallest absolute Gasteiger partial charge is 0.254 e. The van der Waals surface area contributed by atoms with Crippen molar-refractivity contribution >= 4 is 40.9 Å². The van der Waals surface area contributed by atoms with Gasteiger partial charge in [-0.25, -0.2) is 0 Å². The Morgan fingerprint density at radius 1 is 1.50 bits per heavy atom. The second-order valence-electron chi connectivity index (χ2n) is 2.97. The summed E-state index contributed by atoms with van der Waals surface area (Å²) in [5, 5.41) is 10.0. The van der Waals surface area contributed by atoms with Crippen LogP contribution in [0.4, 0.5) is 0 Å². The summed E-state index contributed by atoms with van der Waals surface area (Å²) in [4.78, 5) is 11.7. The maximum Gasteiger partial charge on any atom is 0.254 e. The molecule has 0 aliphatic heterocycles. The van der Waals surface area contributed by atoms with Crippen LogP contribution in [0.3, 0.4) is 0 Å². The molecule has 88 valence electrons. The Morgan fingerprint density at radius 2 is 2.25 bits per heavy atom. The van der Waals surface area contributed by atoms with E-state index >= 15 is 0 Å². The summed E-state index contributed by atoms with van der Waals surface area (Å²) in [5.41, 5.74) is 0.255. The lowest BCUT2D eigenvalue weighted by molar-refractivity contribution is 0.0953. The Morgan fingerprint density at radius 3 is 2.94 bits per heavy atom. The van der Waals surface area contributed by atoms with Crippen LogP contribution in [0.25, 0.3) is 0 Å². The lowest BCUT2D eigenvalue weighted by Gasteiger charge is -2.05. The fourth-order valence-corrected chi connectivity index (χ4v) is 1.78. The summed E-state index contributed by atoms with van der Waals surface area (Å²) in [7, 11) is 0. The van der Waals surface area contributed by atoms with Gasteiger partial charge in [-0.15, -0.1) is 10.2 Å². The van der Waals surface area contributed by atoms with E-state index in [-0.39, 0.29) is 21.8 Å². The fraction of sp³-hybridized carbons (Fsp3) is 0.444. The van der Waals surface area contributed by atoms with Crippen molar-refractivity contribution in [3.8, 4) is 0 Å². The maximum atomic E-state index is 11.7. The first-order valence-electron chi connectivity index (χ1n) is 4.61. The highest BCUT2D eigenvalue weighted by molar-refractivity contribution is 7.98. The number of aromatic nitrogens is 2. The molecular formula is C9H11Cl2N3OS. The van der Waals surface area contributed by atoms with E-state index in [4.69, 9.17) is 23.2 Å². The molecule has 7 heteroatoms. The molecule has 0 fully saturated rings. The number of hydrogen-bond donors (Lipinski definition) is 1. The van der Waals surface area contributed by atoms with E-state index in [1.54, 1.807) is 11.8 Å². The van der Waals surface area contributed by atoms with Crippen molar-refractivity contribution in [3.05, 3.63) is 21.9 Å². The molecule has 1 N–H and O–H groups in total. The van der Waals surface area contributed by atoms with Crippen molar-refractivity contribution in [2.24, 2.45) is 0 Å². The fourth-order valence-electron chi connectivity index (χ4n) is 1.03. The van der Waals surface area contributed by atoms with Gasteiger partial charge in [0.25, 0.3) is 5.91 Å². The van der Waals surface area contributed by atoms with Crippen LogP contribution in [0.15, 0.2) is 6.07 Å². The molecule has 0 bridgehead atoms. The minimum atomic E-state index is -0.275. The van der Waals surface area contributed by atoms with Gasteiger partial charge in [0.05, 0.1) is 5.56 Å². The van der Waals surface area contributed by atoms with Gasteiger partial charge in [0.15, 0.2) is 10.3 Å². The molecule has 0 saturated carbocycles. The highest BCUT2D eigenvalue weighted by atomic mass is 35.5. The number of halogens is 2. The van der Waals surface area contributed by atoms with Gasteiger partial charge in [-0.05, 0) is 24.5 Å². The number of thioether (sulfide) groups is 1. The molecule has 1 aromatic rings. The number of rotatable bonds is 5. The van der Waals surface area contributed by atoms with Gasteiger partial charge in [0.2, 0.25) is 0 Å². The number of carbonyl (C=O) groups excluding carboxylic acids is 1. The number of carbonyl (C=O) groups is 1. The molecule has 4 nitrogen and oxygen atoms in total. The largest absolute Gasteiger partial charge is 0.352 e. The summed E-state index contributed by atoms with van der Waals surface area (Å²) in [6, 6.07) is 1.40. The lowest BCUT2D eigenvalue weighted by atomic mass is 10.3. The van der Waals surface area contributed by atoms with Crippen molar-refractivity contribution in [1.29, 1.82) is 0 Å². The van der Waals surface area contributed by atoms with Crippen molar-refractivity contribution in [3.63, 3.8) is 0 Å². The third-order valence-corrected chi connectivity index (χ3v) is 2.94. The minimum Gasteiger partial charge on any atom is -0.352 e. The van der Waals surface area contributed by atoms with Crippen LogP contribution in [0.2, 0.25) is 10.3 Å². The number of amides is 1. The normalized spacial score (nSPS) is 10.2. The van der Waals surface area contributed by atoms with E-state index < -0.39 is 0 Å². The summed E-state index contributed by atoms with van der Waals surface area (Å²) in [5.74, 6) is 0.728. The molecule has 1 rings (SSSR count). The molecular weight excluding hydrogens is 269 g/mol. The van der Waals surface area contributed by atoms with Crippen LogP contribution in [0.5, 0.6) is 0 Å². The van der Waals surface area contributed by atoms with Crippen molar-refractivity contribution < 1.29 is 4.79 Å². The first kappa shape index (κ1) is 13.5. The van der Waals surface area contributed by atoms with Crippen LogP contribution in [-0.4, -0.2) is 34.7 Å². The van der Waals surface area contributed by atoms with Gasteiger partial charge < -0.3 is 5.32 Å². The molecule has 16 heavy (non-hydrogen) atoms. The zero-order chi connectivity index (χ0) is 12.0.